The molecule has 0 radical (unpaired) electrons. The Morgan fingerprint density at radius 1 is 1.07 bits per heavy atom. The highest BCUT2D eigenvalue weighted by molar-refractivity contribution is 7.86. The second-order valence-corrected chi connectivity index (χ2v) is 6.52. The molecule has 0 aromatic rings. The third kappa shape index (κ3) is 11.7. The largest absolute Gasteiger partial charge is 0.270 e. The lowest BCUT2D eigenvalue weighted by atomic mass is 10.2. The summed E-state index contributed by atoms with van der Waals surface area (Å²) < 4.78 is 51.6. The molecular weight excluding hydrogens is 244 g/mol. The molecule has 0 heterocycles. The van der Waals surface area contributed by atoms with Crippen LogP contribution in [0.4, 0.5) is 0 Å². The van der Waals surface area contributed by atoms with Crippen LogP contribution in [0.5, 0.6) is 0 Å². The van der Waals surface area contributed by atoms with Crippen molar-refractivity contribution in [1.29, 1.82) is 0 Å². The standard InChI is InChI=1S/C7H16O6S2/c1-7(13-15(3,10)11)5-4-6-12-14(2,8)9/h7H,4-6H2,1-3H3/t7-/m1/s1. The first-order chi connectivity index (χ1) is 6.60. The molecule has 92 valence electrons. The minimum Gasteiger partial charge on any atom is -0.270 e. The van der Waals surface area contributed by atoms with E-state index in [0.717, 1.165) is 12.5 Å². The van der Waals surface area contributed by atoms with Crippen molar-refractivity contribution in [3.63, 3.8) is 0 Å². The van der Waals surface area contributed by atoms with E-state index in [4.69, 9.17) is 0 Å². The van der Waals surface area contributed by atoms with Crippen molar-refractivity contribution in [2.75, 3.05) is 19.1 Å². The Kier molecular flexibility index (Phi) is 5.71. The first kappa shape index (κ1) is 14.8. The zero-order valence-corrected chi connectivity index (χ0v) is 10.6. The summed E-state index contributed by atoms with van der Waals surface area (Å²) in [4.78, 5) is 0. The minimum absolute atomic E-state index is 0.0380. The van der Waals surface area contributed by atoms with E-state index in [2.05, 4.69) is 8.37 Å². The Hall–Kier alpha value is -0.180. The van der Waals surface area contributed by atoms with E-state index in [-0.39, 0.29) is 6.61 Å². The normalized spacial score (nSPS) is 15.1. The van der Waals surface area contributed by atoms with Gasteiger partial charge in [-0.3, -0.25) is 8.37 Å². The minimum atomic E-state index is -3.45. The van der Waals surface area contributed by atoms with E-state index in [9.17, 15) is 16.8 Å². The molecule has 0 spiro atoms. The maximum atomic E-state index is 10.7. The number of rotatable bonds is 7. The molecule has 0 saturated heterocycles. The van der Waals surface area contributed by atoms with Crippen LogP contribution >= 0.6 is 0 Å². The van der Waals surface area contributed by atoms with Crippen LogP contribution in [0.15, 0.2) is 0 Å². The van der Waals surface area contributed by atoms with Gasteiger partial charge in [0.25, 0.3) is 20.2 Å². The van der Waals surface area contributed by atoms with Gasteiger partial charge in [-0.25, -0.2) is 0 Å². The van der Waals surface area contributed by atoms with Crippen molar-refractivity contribution in [2.45, 2.75) is 25.9 Å². The summed E-state index contributed by atoms with van der Waals surface area (Å²) in [7, 11) is -6.86. The molecule has 0 rings (SSSR count). The van der Waals surface area contributed by atoms with Crippen LogP contribution in [0.25, 0.3) is 0 Å². The number of hydrogen-bond donors (Lipinski definition) is 0. The van der Waals surface area contributed by atoms with Crippen LogP contribution in [0.1, 0.15) is 19.8 Å². The maximum absolute atomic E-state index is 10.7. The van der Waals surface area contributed by atoms with E-state index < -0.39 is 26.3 Å². The molecule has 0 N–H and O–H groups in total. The van der Waals surface area contributed by atoms with Crippen LogP contribution in [0.2, 0.25) is 0 Å². The van der Waals surface area contributed by atoms with Gasteiger partial charge in [0, 0.05) is 0 Å². The average Bonchev–Trinajstić information content (AvgIpc) is 1.92. The van der Waals surface area contributed by atoms with Crippen molar-refractivity contribution in [3.05, 3.63) is 0 Å². The molecule has 0 aliphatic carbocycles. The lowest BCUT2D eigenvalue weighted by Crippen LogP contribution is -2.15. The van der Waals surface area contributed by atoms with Crippen molar-refractivity contribution in [2.24, 2.45) is 0 Å². The van der Waals surface area contributed by atoms with E-state index in [1.165, 1.54) is 0 Å². The van der Waals surface area contributed by atoms with E-state index in [1.807, 2.05) is 0 Å². The van der Waals surface area contributed by atoms with Gasteiger partial charge in [0.05, 0.1) is 25.2 Å². The Labute approximate surface area is 90.8 Å². The molecule has 0 aromatic heterocycles. The van der Waals surface area contributed by atoms with Crippen molar-refractivity contribution in [3.8, 4) is 0 Å². The van der Waals surface area contributed by atoms with Crippen LogP contribution in [0.3, 0.4) is 0 Å². The smallest absolute Gasteiger partial charge is 0.264 e. The van der Waals surface area contributed by atoms with Gasteiger partial charge < -0.3 is 0 Å². The molecular formula is C7H16O6S2. The fourth-order valence-electron chi connectivity index (χ4n) is 0.928. The molecule has 1 atom stereocenters. The van der Waals surface area contributed by atoms with Gasteiger partial charge >= 0.3 is 0 Å². The molecule has 0 aromatic carbocycles. The highest BCUT2D eigenvalue weighted by atomic mass is 32.2. The second kappa shape index (κ2) is 5.78. The monoisotopic (exact) mass is 260 g/mol. The van der Waals surface area contributed by atoms with Gasteiger partial charge in [-0.1, -0.05) is 0 Å². The van der Waals surface area contributed by atoms with Gasteiger partial charge in [-0.2, -0.15) is 16.8 Å². The molecule has 0 aliphatic rings. The van der Waals surface area contributed by atoms with Crippen molar-refractivity contribution < 1.29 is 25.2 Å². The Morgan fingerprint density at radius 2 is 1.60 bits per heavy atom. The fraction of sp³-hybridized carbons (Fsp3) is 1.00. The first-order valence-electron chi connectivity index (χ1n) is 4.33. The van der Waals surface area contributed by atoms with Crippen molar-refractivity contribution in [1.82, 2.24) is 0 Å². The lowest BCUT2D eigenvalue weighted by molar-refractivity contribution is 0.203. The predicted molar refractivity (Wildman–Crippen MR) is 55.4 cm³/mol. The molecule has 6 nitrogen and oxygen atoms in total. The quantitative estimate of drug-likeness (QED) is 0.477. The Bertz CT molecular complexity index is 368. The molecule has 0 saturated carbocycles. The van der Waals surface area contributed by atoms with Crippen LogP contribution < -0.4 is 0 Å². The molecule has 15 heavy (non-hydrogen) atoms. The SMILES string of the molecule is C[C@H](CCCOS(C)(=O)=O)OS(C)(=O)=O. The molecule has 0 amide bonds. The lowest BCUT2D eigenvalue weighted by Gasteiger charge is -2.10. The summed E-state index contributed by atoms with van der Waals surface area (Å²) in [5.74, 6) is 0. The average molecular weight is 260 g/mol. The molecule has 0 aliphatic heterocycles. The topological polar surface area (TPSA) is 86.7 Å². The highest BCUT2D eigenvalue weighted by Gasteiger charge is 2.10. The third-order valence-corrected chi connectivity index (χ3v) is 2.66. The van der Waals surface area contributed by atoms with Crippen LogP contribution in [-0.2, 0) is 28.6 Å². The summed E-state index contributed by atoms with van der Waals surface area (Å²) >= 11 is 0. The summed E-state index contributed by atoms with van der Waals surface area (Å²) in [6.45, 7) is 1.64. The van der Waals surface area contributed by atoms with Gasteiger partial charge in [0.2, 0.25) is 0 Å². The third-order valence-electron chi connectivity index (χ3n) is 1.39. The van der Waals surface area contributed by atoms with E-state index in [0.29, 0.717) is 12.8 Å². The van der Waals surface area contributed by atoms with Gasteiger partial charge in [-0.05, 0) is 19.8 Å². The summed E-state index contributed by atoms with van der Waals surface area (Å²) in [5.41, 5.74) is 0. The van der Waals surface area contributed by atoms with Gasteiger partial charge in [0.1, 0.15) is 0 Å². The van der Waals surface area contributed by atoms with Crippen molar-refractivity contribution >= 4 is 20.2 Å². The molecule has 0 unspecified atom stereocenters. The summed E-state index contributed by atoms with van der Waals surface area (Å²) in [6.07, 6.45) is 2.30. The highest BCUT2D eigenvalue weighted by Crippen LogP contribution is 2.05. The summed E-state index contributed by atoms with van der Waals surface area (Å²) in [6, 6.07) is 0. The van der Waals surface area contributed by atoms with Gasteiger partial charge in [0.15, 0.2) is 0 Å². The Morgan fingerprint density at radius 3 is 2.00 bits per heavy atom. The molecule has 0 bridgehead atoms. The van der Waals surface area contributed by atoms with E-state index in [1.54, 1.807) is 6.92 Å². The number of hydrogen-bond acceptors (Lipinski definition) is 6. The zero-order chi connectivity index (χ0) is 12.1. The predicted octanol–water partition coefficient (Wildman–Crippen LogP) is 0.108. The van der Waals surface area contributed by atoms with Crippen LogP contribution in [0, 0.1) is 0 Å². The molecule has 0 fully saturated rings. The second-order valence-electron chi connectivity index (χ2n) is 3.28. The fourth-order valence-corrected chi connectivity index (χ4v) is 2.04. The zero-order valence-electron chi connectivity index (χ0n) is 8.96. The Balaban J connectivity index is 3.70. The summed E-state index contributed by atoms with van der Waals surface area (Å²) in [5, 5.41) is 0. The van der Waals surface area contributed by atoms with E-state index >= 15 is 0 Å². The molecule has 8 heteroatoms. The van der Waals surface area contributed by atoms with Crippen LogP contribution in [-0.4, -0.2) is 42.1 Å². The first-order valence-corrected chi connectivity index (χ1v) is 7.96. The maximum Gasteiger partial charge on any atom is 0.264 e. The van der Waals surface area contributed by atoms with Gasteiger partial charge in [-0.15, -0.1) is 0 Å².